The number of aromatic nitrogens is 2. The SMILES string of the molecule is N#CCn1cc(-c2ccc(CN)c(C(F)(F)F)c2)cn1. The lowest BCUT2D eigenvalue weighted by Crippen LogP contribution is -2.12. The van der Waals surface area contributed by atoms with Gasteiger partial charge in [-0.3, -0.25) is 4.68 Å². The molecule has 0 aliphatic rings. The molecule has 4 nitrogen and oxygen atoms in total. The Balaban J connectivity index is 2.45. The minimum atomic E-state index is -4.45. The molecule has 0 aliphatic heterocycles. The highest BCUT2D eigenvalue weighted by atomic mass is 19.4. The number of alkyl halides is 3. The summed E-state index contributed by atoms with van der Waals surface area (Å²) in [4.78, 5) is 0. The molecular weight excluding hydrogens is 269 g/mol. The van der Waals surface area contributed by atoms with E-state index in [1.807, 2.05) is 6.07 Å². The quantitative estimate of drug-likeness (QED) is 0.939. The van der Waals surface area contributed by atoms with Crippen LogP contribution in [0, 0.1) is 11.3 Å². The first kappa shape index (κ1) is 14.1. The van der Waals surface area contributed by atoms with E-state index in [1.165, 1.54) is 23.1 Å². The summed E-state index contributed by atoms with van der Waals surface area (Å²) in [5.41, 5.74) is 5.54. The molecule has 0 bridgehead atoms. The third-order valence-electron chi connectivity index (χ3n) is 2.83. The van der Waals surface area contributed by atoms with Crippen molar-refractivity contribution >= 4 is 0 Å². The number of benzene rings is 1. The molecule has 2 aromatic rings. The second-order valence-corrected chi connectivity index (χ2v) is 4.16. The molecule has 1 aromatic heterocycles. The van der Waals surface area contributed by atoms with Crippen molar-refractivity contribution in [2.24, 2.45) is 5.73 Å². The van der Waals surface area contributed by atoms with Crippen LogP contribution in [0.15, 0.2) is 30.6 Å². The standard InChI is InChI=1S/C13H11F3N4/c14-13(15,16)12-5-9(1-2-10(12)6-18)11-7-19-20(8-11)4-3-17/h1-2,5,7-8H,4,6,18H2. The molecule has 2 rings (SSSR count). The van der Waals surface area contributed by atoms with Crippen LogP contribution >= 0.6 is 0 Å². The summed E-state index contributed by atoms with van der Waals surface area (Å²) in [7, 11) is 0. The Labute approximate surface area is 113 Å². The molecule has 7 heteroatoms. The number of nitrogens with two attached hydrogens (primary N) is 1. The fourth-order valence-electron chi connectivity index (χ4n) is 1.87. The lowest BCUT2D eigenvalue weighted by Gasteiger charge is -2.12. The summed E-state index contributed by atoms with van der Waals surface area (Å²) in [6.07, 6.45) is -1.50. The fourth-order valence-corrected chi connectivity index (χ4v) is 1.87. The van der Waals surface area contributed by atoms with Crippen LogP contribution < -0.4 is 5.73 Å². The first-order valence-corrected chi connectivity index (χ1v) is 5.75. The van der Waals surface area contributed by atoms with Crippen molar-refractivity contribution in [3.8, 4) is 17.2 Å². The highest BCUT2D eigenvalue weighted by Crippen LogP contribution is 2.34. The number of hydrogen-bond donors (Lipinski definition) is 1. The van der Waals surface area contributed by atoms with E-state index >= 15 is 0 Å². The van der Waals surface area contributed by atoms with Gasteiger partial charge in [-0.1, -0.05) is 12.1 Å². The molecule has 0 radical (unpaired) electrons. The van der Waals surface area contributed by atoms with E-state index < -0.39 is 11.7 Å². The molecule has 20 heavy (non-hydrogen) atoms. The summed E-state index contributed by atoms with van der Waals surface area (Å²) >= 11 is 0. The topological polar surface area (TPSA) is 67.6 Å². The monoisotopic (exact) mass is 280 g/mol. The maximum atomic E-state index is 12.9. The van der Waals surface area contributed by atoms with Gasteiger partial charge >= 0.3 is 6.18 Å². The minimum Gasteiger partial charge on any atom is -0.326 e. The average molecular weight is 280 g/mol. The van der Waals surface area contributed by atoms with Gasteiger partial charge in [-0.25, -0.2) is 0 Å². The summed E-state index contributed by atoms with van der Waals surface area (Å²) < 4.78 is 40.2. The van der Waals surface area contributed by atoms with Crippen molar-refractivity contribution in [3.05, 3.63) is 41.7 Å². The Kier molecular flexibility index (Phi) is 3.77. The van der Waals surface area contributed by atoms with Crippen molar-refractivity contribution in [3.63, 3.8) is 0 Å². The first-order chi connectivity index (χ1) is 9.45. The van der Waals surface area contributed by atoms with E-state index in [0.29, 0.717) is 11.1 Å². The Morgan fingerprint density at radius 1 is 1.30 bits per heavy atom. The molecule has 0 spiro atoms. The zero-order chi connectivity index (χ0) is 14.8. The maximum absolute atomic E-state index is 12.9. The van der Waals surface area contributed by atoms with Crippen LogP contribution in [-0.2, 0) is 19.3 Å². The lowest BCUT2D eigenvalue weighted by molar-refractivity contribution is -0.138. The van der Waals surface area contributed by atoms with Gasteiger partial charge in [0.05, 0.1) is 17.8 Å². The van der Waals surface area contributed by atoms with Crippen molar-refractivity contribution in [2.75, 3.05) is 0 Å². The molecule has 2 N–H and O–H groups in total. The van der Waals surface area contributed by atoms with Crippen molar-refractivity contribution in [1.29, 1.82) is 5.26 Å². The van der Waals surface area contributed by atoms with Gasteiger partial charge in [0.25, 0.3) is 0 Å². The minimum absolute atomic E-state index is 0.0469. The van der Waals surface area contributed by atoms with Gasteiger partial charge in [-0.15, -0.1) is 0 Å². The second kappa shape index (κ2) is 5.35. The van der Waals surface area contributed by atoms with Crippen molar-refractivity contribution in [1.82, 2.24) is 9.78 Å². The summed E-state index contributed by atoms with van der Waals surface area (Å²) in [5, 5.41) is 12.5. The van der Waals surface area contributed by atoms with Crippen LogP contribution in [0.4, 0.5) is 13.2 Å². The highest BCUT2D eigenvalue weighted by molar-refractivity contribution is 5.63. The molecule has 104 valence electrons. The Morgan fingerprint density at radius 3 is 2.65 bits per heavy atom. The molecular formula is C13H11F3N4. The van der Waals surface area contributed by atoms with Crippen LogP contribution in [0.25, 0.3) is 11.1 Å². The van der Waals surface area contributed by atoms with E-state index in [4.69, 9.17) is 11.0 Å². The zero-order valence-corrected chi connectivity index (χ0v) is 10.4. The maximum Gasteiger partial charge on any atom is 0.416 e. The van der Waals surface area contributed by atoms with E-state index in [2.05, 4.69) is 5.10 Å². The lowest BCUT2D eigenvalue weighted by atomic mass is 10.0. The third-order valence-corrected chi connectivity index (χ3v) is 2.83. The van der Waals surface area contributed by atoms with E-state index in [1.54, 1.807) is 6.07 Å². The van der Waals surface area contributed by atoms with Crippen molar-refractivity contribution in [2.45, 2.75) is 19.3 Å². The molecule has 1 aromatic carbocycles. The highest BCUT2D eigenvalue weighted by Gasteiger charge is 2.33. The molecule has 0 saturated heterocycles. The molecule has 1 heterocycles. The van der Waals surface area contributed by atoms with E-state index in [-0.39, 0.29) is 18.7 Å². The van der Waals surface area contributed by atoms with Gasteiger partial charge in [0, 0.05) is 18.3 Å². The van der Waals surface area contributed by atoms with Gasteiger partial charge in [-0.2, -0.15) is 23.5 Å². The van der Waals surface area contributed by atoms with Gasteiger partial charge in [0.2, 0.25) is 0 Å². The molecule has 0 atom stereocenters. The number of rotatable bonds is 3. The smallest absolute Gasteiger partial charge is 0.326 e. The number of nitriles is 1. The second-order valence-electron chi connectivity index (χ2n) is 4.16. The summed E-state index contributed by atoms with van der Waals surface area (Å²) in [6.45, 7) is -0.129. The Bertz CT molecular complexity index is 652. The van der Waals surface area contributed by atoms with Crippen molar-refractivity contribution < 1.29 is 13.2 Å². The van der Waals surface area contributed by atoms with Crippen LogP contribution in [0.3, 0.4) is 0 Å². The molecule has 0 fully saturated rings. The van der Waals surface area contributed by atoms with Gasteiger partial charge < -0.3 is 5.73 Å². The summed E-state index contributed by atoms with van der Waals surface area (Å²) in [5.74, 6) is 0. The zero-order valence-electron chi connectivity index (χ0n) is 10.4. The molecule has 0 unspecified atom stereocenters. The largest absolute Gasteiger partial charge is 0.416 e. The summed E-state index contributed by atoms with van der Waals surface area (Å²) in [6, 6.07) is 5.88. The molecule has 0 aliphatic carbocycles. The van der Waals surface area contributed by atoms with Gasteiger partial charge in [-0.05, 0) is 17.2 Å². The first-order valence-electron chi connectivity index (χ1n) is 5.75. The van der Waals surface area contributed by atoms with Gasteiger partial charge in [0.1, 0.15) is 6.54 Å². The number of nitrogens with zero attached hydrogens (tertiary/aromatic N) is 3. The Morgan fingerprint density at radius 2 is 2.05 bits per heavy atom. The van der Waals surface area contributed by atoms with Gasteiger partial charge in [0.15, 0.2) is 0 Å². The fraction of sp³-hybridized carbons (Fsp3) is 0.231. The number of hydrogen-bond acceptors (Lipinski definition) is 3. The normalized spacial score (nSPS) is 11.3. The Hall–Kier alpha value is -2.33. The molecule has 0 saturated carbocycles. The number of halogens is 3. The van der Waals surface area contributed by atoms with E-state index in [0.717, 1.165) is 6.07 Å². The van der Waals surface area contributed by atoms with Crippen LogP contribution in [0.2, 0.25) is 0 Å². The van der Waals surface area contributed by atoms with Crippen LogP contribution in [0.1, 0.15) is 11.1 Å². The predicted octanol–water partition coefficient (Wildman–Crippen LogP) is 2.55. The van der Waals surface area contributed by atoms with Crippen LogP contribution in [-0.4, -0.2) is 9.78 Å². The van der Waals surface area contributed by atoms with Crippen LogP contribution in [0.5, 0.6) is 0 Å². The average Bonchev–Trinajstić information content (AvgIpc) is 2.86. The third kappa shape index (κ3) is 2.81. The molecule has 0 amide bonds. The predicted molar refractivity (Wildman–Crippen MR) is 66.2 cm³/mol. The van der Waals surface area contributed by atoms with E-state index in [9.17, 15) is 13.2 Å².